The van der Waals surface area contributed by atoms with Crippen molar-refractivity contribution in [2.24, 2.45) is 0 Å². The van der Waals surface area contributed by atoms with Crippen LogP contribution in [0, 0.1) is 0 Å². The molecule has 0 fully saturated rings. The first-order valence-electron chi connectivity index (χ1n) is 5.18. The zero-order valence-corrected chi connectivity index (χ0v) is 10.4. The molecule has 1 heterocycles. The van der Waals surface area contributed by atoms with Gasteiger partial charge in [0.25, 0.3) is 0 Å². The van der Waals surface area contributed by atoms with Crippen LogP contribution in [0.4, 0.5) is 0 Å². The molecule has 0 aliphatic rings. The van der Waals surface area contributed by atoms with Gasteiger partial charge in [0.15, 0.2) is 0 Å². The second-order valence-corrected chi connectivity index (χ2v) is 4.64. The number of halogens is 1. The fourth-order valence-electron chi connectivity index (χ4n) is 1.86. The van der Waals surface area contributed by atoms with Crippen LogP contribution >= 0.6 is 15.9 Å². The van der Waals surface area contributed by atoms with Crippen molar-refractivity contribution >= 4 is 26.8 Å². The minimum atomic E-state index is 0.257. The number of phenolic OH excluding ortho intramolecular Hbond substituents is 1. The number of aromatic nitrogens is 2. The fourth-order valence-corrected chi connectivity index (χ4v) is 2.41. The number of hydrogen-bond acceptors (Lipinski definition) is 2. The van der Waals surface area contributed by atoms with Crippen LogP contribution in [-0.4, -0.2) is 15.3 Å². The van der Waals surface area contributed by atoms with E-state index in [4.69, 9.17) is 0 Å². The Morgan fingerprint density at radius 3 is 2.59 bits per heavy atom. The van der Waals surface area contributed by atoms with Gasteiger partial charge in [-0.3, -0.25) is 5.10 Å². The summed E-state index contributed by atoms with van der Waals surface area (Å²) in [6.07, 6.45) is 0. The standard InChI is InChI=1S/C13H9BrN2O/c14-10-2-1-3-11-12(10)13(16-15-11)8-4-6-9(17)7-5-8/h1-7,17H,(H,15,16). The highest BCUT2D eigenvalue weighted by Crippen LogP contribution is 2.32. The van der Waals surface area contributed by atoms with Crippen molar-refractivity contribution in [1.82, 2.24) is 10.2 Å². The van der Waals surface area contributed by atoms with E-state index in [2.05, 4.69) is 26.1 Å². The smallest absolute Gasteiger partial charge is 0.115 e. The number of aromatic amines is 1. The van der Waals surface area contributed by atoms with Gasteiger partial charge >= 0.3 is 0 Å². The molecule has 0 spiro atoms. The SMILES string of the molecule is Oc1ccc(-c2n[nH]c3cccc(Br)c23)cc1. The normalized spacial score (nSPS) is 10.9. The maximum absolute atomic E-state index is 9.28. The first kappa shape index (κ1) is 10.4. The van der Waals surface area contributed by atoms with Crippen LogP contribution in [-0.2, 0) is 0 Å². The molecule has 0 aliphatic heterocycles. The van der Waals surface area contributed by atoms with Crippen molar-refractivity contribution in [1.29, 1.82) is 0 Å². The lowest BCUT2D eigenvalue weighted by molar-refractivity contribution is 0.475. The summed E-state index contributed by atoms with van der Waals surface area (Å²) in [5, 5.41) is 17.7. The number of nitrogens with one attached hydrogen (secondary N) is 1. The van der Waals surface area contributed by atoms with E-state index in [9.17, 15) is 5.11 Å². The Labute approximate surface area is 106 Å². The van der Waals surface area contributed by atoms with E-state index in [1.165, 1.54) is 0 Å². The van der Waals surface area contributed by atoms with Crippen LogP contribution in [0.25, 0.3) is 22.2 Å². The Morgan fingerprint density at radius 1 is 1.06 bits per heavy atom. The maximum Gasteiger partial charge on any atom is 0.115 e. The fraction of sp³-hybridized carbons (Fsp3) is 0. The van der Waals surface area contributed by atoms with E-state index in [1.54, 1.807) is 12.1 Å². The van der Waals surface area contributed by atoms with Crippen molar-refractivity contribution in [3.05, 3.63) is 46.9 Å². The molecule has 84 valence electrons. The highest BCUT2D eigenvalue weighted by Gasteiger charge is 2.10. The lowest BCUT2D eigenvalue weighted by Gasteiger charge is -1.99. The molecular weight excluding hydrogens is 280 g/mol. The van der Waals surface area contributed by atoms with Crippen LogP contribution in [0.3, 0.4) is 0 Å². The quantitative estimate of drug-likeness (QED) is 0.717. The van der Waals surface area contributed by atoms with Crippen molar-refractivity contribution < 1.29 is 5.11 Å². The molecule has 0 amide bonds. The molecule has 0 atom stereocenters. The summed E-state index contributed by atoms with van der Waals surface area (Å²) < 4.78 is 1.01. The molecular formula is C13H9BrN2O. The second-order valence-electron chi connectivity index (χ2n) is 3.78. The van der Waals surface area contributed by atoms with Crippen molar-refractivity contribution in [3.8, 4) is 17.0 Å². The third kappa shape index (κ3) is 1.70. The minimum Gasteiger partial charge on any atom is -0.508 e. The van der Waals surface area contributed by atoms with Gasteiger partial charge in [-0.05, 0) is 36.4 Å². The lowest BCUT2D eigenvalue weighted by Crippen LogP contribution is -1.78. The van der Waals surface area contributed by atoms with Crippen molar-refractivity contribution in [2.45, 2.75) is 0 Å². The van der Waals surface area contributed by atoms with Gasteiger partial charge in [-0.1, -0.05) is 22.0 Å². The predicted octanol–water partition coefficient (Wildman–Crippen LogP) is 3.70. The van der Waals surface area contributed by atoms with Crippen LogP contribution < -0.4 is 0 Å². The number of nitrogens with zero attached hydrogens (tertiary/aromatic N) is 1. The van der Waals surface area contributed by atoms with Crippen molar-refractivity contribution in [3.63, 3.8) is 0 Å². The average Bonchev–Trinajstić information content (AvgIpc) is 2.75. The molecule has 0 saturated heterocycles. The van der Waals surface area contributed by atoms with Gasteiger partial charge in [0, 0.05) is 15.4 Å². The van der Waals surface area contributed by atoms with Gasteiger partial charge in [-0.2, -0.15) is 5.10 Å². The molecule has 1 aromatic heterocycles. The summed E-state index contributed by atoms with van der Waals surface area (Å²) in [5.74, 6) is 0.257. The van der Waals surface area contributed by atoms with E-state index in [0.29, 0.717) is 0 Å². The molecule has 0 radical (unpaired) electrons. The molecule has 4 heteroatoms. The van der Waals surface area contributed by atoms with E-state index < -0.39 is 0 Å². The summed E-state index contributed by atoms with van der Waals surface area (Å²) in [5.41, 5.74) is 2.84. The van der Waals surface area contributed by atoms with E-state index >= 15 is 0 Å². The van der Waals surface area contributed by atoms with Crippen LogP contribution in [0.5, 0.6) is 5.75 Å². The molecule has 2 aromatic carbocycles. The van der Waals surface area contributed by atoms with Gasteiger partial charge in [-0.15, -0.1) is 0 Å². The average molecular weight is 289 g/mol. The number of aromatic hydroxyl groups is 1. The Morgan fingerprint density at radius 2 is 1.82 bits per heavy atom. The largest absolute Gasteiger partial charge is 0.508 e. The Balaban J connectivity index is 2.27. The van der Waals surface area contributed by atoms with Crippen molar-refractivity contribution in [2.75, 3.05) is 0 Å². The minimum absolute atomic E-state index is 0.257. The Bertz CT molecular complexity index is 673. The molecule has 17 heavy (non-hydrogen) atoms. The number of benzene rings is 2. The van der Waals surface area contributed by atoms with E-state index in [0.717, 1.165) is 26.6 Å². The Hall–Kier alpha value is -1.81. The number of fused-ring (bicyclic) bond motifs is 1. The van der Waals surface area contributed by atoms with Gasteiger partial charge in [0.05, 0.1) is 5.52 Å². The molecule has 3 rings (SSSR count). The van der Waals surface area contributed by atoms with Gasteiger partial charge < -0.3 is 5.11 Å². The topological polar surface area (TPSA) is 48.9 Å². The van der Waals surface area contributed by atoms with Crippen LogP contribution in [0.1, 0.15) is 0 Å². The summed E-state index contributed by atoms with van der Waals surface area (Å²) in [6.45, 7) is 0. The van der Waals surface area contributed by atoms with Gasteiger partial charge in [0.2, 0.25) is 0 Å². The summed E-state index contributed by atoms with van der Waals surface area (Å²) in [7, 11) is 0. The highest BCUT2D eigenvalue weighted by molar-refractivity contribution is 9.10. The molecule has 3 aromatic rings. The first-order chi connectivity index (χ1) is 8.25. The molecule has 0 bridgehead atoms. The molecule has 0 unspecified atom stereocenters. The lowest BCUT2D eigenvalue weighted by atomic mass is 10.1. The third-order valence-corrected chi connectivity index (χ3v) is 3.34. The predicted molar refractivity (Wildman–Crippen MR) is 70.9 cm³/mol. The van der Waals surface area contributed by atoms with Crippen LogP contribution in [0.2, 0.25) is 0 Å². The zero-order valence-electron chi connectivity index (χ0n) is 8.81. The summed E-state index contributed by atoms with van der Waals surface area (Å²) in [4.78, 5) is 0. The summed E-state index contributed by atoms with van der Waals surface area (Å²) in [6, 6.07) is 13.0. The number of phenols is 1. The van der Waals surface area contributed by atoms with E-state index in [1.807, 2.05) is 30.3 Å². The second kappa shape index (κ2) is 3.89. The molecule has 0 saturated carbocycles. The van der Waals surface area contributed by atoms with E-state index in [-0.39, 0.29) is 5.75 Å². The number of hydrogen-bond donors (Lipinski definition) is 2. The highest BCUT2D eigenvalue weighted by atomic mass is 79.9. The molecule has 0 aliphatic carbocycles. The first-order valence-corrected chi connectivity index (χ1v) is 5.97. The van der Waals surface area contributed by atoms with Gasteiger partial charge in [0.1, 0.15) is 11.4 Å². The number of rotatable bonds is 1. The summed E-state index contributed by atoms with van der Waals surface area (Å²) >= 11 is 3.53. The number of H-pyrrole nitrogens is 1. The third-order valence-electron chi connectivity index (χ3n) is 2.68. The molecule has 2 N–H and O–H groups in total. The van der Waals surface area contributed by atoms with Crippen LogP contribution in [0.15, 0.2) is 46.9 Å². The monoisotopic (exact) mass is 288 g/mol. The molecule has 3 nitrogen and oxygen atoms in total. The zero-order chi connectivity index (χ0) is 11.8. The maximum atomic E-state index is 9.28. The Kier molecular flexibility index (Phi) is 2.37. The van der Waals surface area contributed by atoms with Gasteiger partial charge in [-0.25, -0.2) is 0 Å².